The van der Waals surface area contributed by atoms with Gasteiger partial charge in [-0.05, 0) is 48.6 Å². The lowest BCUT2D eigenvalue weighted by Crippen LogP contribution is -2.42. The number of thioether (sulfide) groups is 1. The number of amides is 1. The molecule has 1 fully saturated rings. The third-order valence-electron chi connectivity index (χ3n) is 5.36. The third kappa shape index (κ3) is 3.69. The Labute approximate surface area is 167 Å². The molecule has 1 amide bonds. The van der Waals surface area contributed by atoms with Crippen molar-refractivity contribution < 1.29 is 4.79 Å². The molecule has 1 saturated carbocycles. The number of nitrogens with zero attached hydrogens (tertiary/aromatic N) is 2. The molecule has 0 bridgehead atoms. The lowest BCUT2D eigenvalue weighted by atomic mass is 9.70. The van der Waals surface area contributed by atoms with Gasteiger partial charge in [0.05, 0.1) is 10.6 Å². The summed E-state index contributed by atoms with van der Waals surface area (Å²) >= 11 is 7.49. The normalized spacial score (nSPS) is 24.6. The first-order chi connectivity index (χ1) is 13.1. The van der Waals surface area contributed by atoms with Crippen LogP contribution in [0.2, 0.25) is 5.02 Å². The first-order valence-electron chi connectivity index (χ1n) is 9.08. The molecule has 1 aliphatic carbocycles. The van der Waals surface area contributed by atoms with Gasteiger partial charge < -0.3 is 11.1 Å². The van der Waals surface area contributed by atoms with Crippen LogP contribution in [0.5, 0.6) is 0 Å². The fourth-order valence-electron chi connectivity index (χ4n) is 4.03. The van der Waals surface area contributed by atoms with E-state index in [0.29, 0.717) is 21.8 Å². The van der Waals surface area contributed by atoms with E-state index in [1.54, 1.807) is 23.9 Å². The number of aromatic nitrogens is 1. The van der Waals surface area contributed by atoms with Gasteiger partial charge in [0.1, 0.15) is 5.69 Å². The summed E-state index contributed by atoms with van der Waals surface area (Å²) < 4.78 is 0. The predicted molar refractivity (Wildman–Crippen MR) is 111 cm³/mol. The van der Waals surface area contributed by atoms with Crippen LogP contribution >= 0.6 is 23.4 Å². The Morgan fingerprint density at radius 3 is 3.00 bits per heavy atom. The van der Waals surface area contributed by atoms with Crippen molar-refractivity contribution in [1.82, 2.24) is 4.98 Å². The van der Waals surface area contributed by atoms with Gasteiger partial charge in [0.2, 0.25) is 0 Å². The Kier molecular flexibility index (Phi) is 5.10. The standard InChI is InChI=1S/C20H21ClN4OS/c21-15-7-8-17(23-11-15)18(26)24-16-6-3-5-13(10-16)20-9-2-1-4-14(20)12-27-19(22)25-20/h3,5-8,10-11,14H,1-2,4,9,12H2,(H2,22,25)(H,24,26)/t14?,20-/m0/s1. The zero-order chi connectivity index (χ0) is 18.9. The molecule has 0 radical (unpaired) electrons. The average molecular weight is 401 g/mol. The quantitative estimate of drug-likeness (QED) is 0.798. The molecular weight excluding hydrogens is 380 g/mol. The van der Waals surface area contributed by atoms with E-state index in [2.05, 4.69) is 16.4 Å². The highest BCUT2D eigenvalue weighted by atomic mass is 35.5. The number of pyridine rings is 1. The minimum atomic E-state index is -0.271. The van der Waals surface area contributed by atoms with E-state index < -0.39 is 0 Å². The Hall–Kier alpha value is -2.05. The van der Waals surface area contributed by atoms with Gasteiger partial charge in [0.25, 0.3) is 5.91 Å². The molecule has 1 aromatic heterocycles. The fraction of sp³-hybridized carbons (Fsp3) is 0.350. The molecule has 3 N–H and O–H groups in total. The summed E-state index contributed by atoms with van der Waals surface area (Å²) in [5.74, 6) is 1.22. The average Bonchev–Trinajstić information content (AvgIpc) is 2.68. The van der Waals surface area contributed by atoms with Gasteiger partial charge in [-0.25, -0.2) is 4.98 Å². The molecule has 4 rings (SSSR count). The van der Waals surface area contributed by atoms with Crippen LogP contribution in [-0.4, -0.2) is 21.8 Å². The summed E-state index contributed by atoms with van der Waals surface area (Å²) in [6.07, 6.45) is 6.00. The number of amidine groups is 1. The first-order valence-corrected chi connectivity index (χ1v) is 10.4. The van der Waals surface area contributed by atoms with Crippen LogP contribution in [0.1, 0.15) is 41.7 Å². The van der Waals surface area contributed by atoms with Crippen LogP contribution in [-0.2, 0) is 5.54 Å². The van der Waals surface area contributed by atoms with Gasteiger partial charge >= 0.3 is 0 Å². The smallest absolute Gasteiger partial charge is 0.274 e. The van der Waals surface area contributed by atoms with Crippen LogP contribution in [0, 0.1) is 5.92 Å². The van der Waals surface area contributed by atoms with Crippen molar-refractivity contribution in [3.8, 4) is 0 Å². The topological polar surface area (TPSA) is 80.4 Å². The number of nitrogens with two attached hydrogens (primary N) is 1. The number of hydrogen-bond donors (Lipinski definition) is 2. The summed E-state index contributed by atoms with van der Waals surface area (Å²) in [5.41, 5.74) is 8.01. The van der Waals surface area contributed by atoms with Crippen molar-refractivity contribution in [1.29, 1.82) is 0 Å². The van der Waals surface area contributed by atoms with E-state index in [9.17, 15) is 4.79 Å². The fourth-order valence-corrected chi connectivity index (χ4v) is 5.18. The number of halogens is 1. The molecule has 2 aromatic rings. The van der Waals surface area contributed by atoms with Gasteiger partial charge in [-0.3, -0.25) is 9.79 Å². The van der Waals surface area contributed by atoms with Crippen molar-refractivity contribution in [2.24, 2.45) is 16.6 Å². The van der Waals surface area contributed by atoms with Gasteiger partial charge in [0.15, 0.2) is 5.17 Å². The van der Waals surface area contributed by atoms with Gasteiger partial charge in [0, 0.05) is 17.6 Å². The highest BCUT2D eigenvalue weighted by Gasteiger charge is 2.44. The van der Waals surface area contributed by atoms with Crippen molar-refractivity contribution in [2.75, 3.05) is 11.1 Å². The maximum atomic E-state index is 12.5. The zero-order valence-corrected chi connectivity index (χ0v) is 16.4. The maximum absolute atomic E-state index is 12.5. The highest BCUT2D eigenvalue weighted by Crippen LogP contribution is 2.49. The Morgan fingerprint density at radius 2 is 2.19 bits per heavy atom. The van der Waals surface area contributed by atoms with E-state index in [4.69, 9.17) is 22.3 Å². The van der Waals surface area contributed by atoms with Crippen LogP contribution in [0.3, 0.4) is 0 Å². The Morgan fingerprint density at radius 1 is 1.30 bits per heavy atom. The highest BCUT2D eigenvalue weighted by molar-refractivity contribution is 8.13. The number of rotatable bonds is 3. The van der Waals surface area contributed by atoms with Crippen molar-refractivity contribution in [3.05, 3.63) is 58.9 Å². The van der Waals surface area contributed by atoms with Gasteiger partial charge in [-0.1, -0.05) is 48.3 Å². The van der Waals surface area contributed by atoms with E-state index in [1.165, 1.54) is 12.6 Å². The second-order valence-corrected chi connectivity index (χ2v) is 8.50. The Balaban J connectivity index is 1.63. The molecule has 27 heavy (non-hydrogen) atoms. The van der Waals surface area contributed by atoms with Crippen molar-refractivity contribution >= 4 is 40.1 Å². The molecule has 2 heterocycles. The number of anilines is 1. The van der Waals surface area contributed by atoms with E-state index >= 15 is 0 Å². The van der Waals surface area contributed by atoms with E-state index in [1.807, 2.05) is 18.2 Å². The molecule has 2 atom stereocenters. The number of carbonyl (C=O) groups is 1. The van der Waals surface area contributed by atoms with E-state index in [0.717, 1.165) is 36.3 Å². The number of aliphatic imine (C=N–C) groups is 1. The molecule has 7 heteroatoms. The molecule has 140 valence electrons. The number of carbonyl (C=O) groups excluding carboxylic acids is 1. The molecule has 0 saturated heterocycles. The number of benzene rings is 1. The first kappa shape index (κ1) is 18.3. The number of nitrogens with one attached hydrogen (secondary N) is 1. The minimum Gasteiger partial charge on any atom is -0.379 e. The minimum absolute atomic E-state index is 0.260. The second kappa shape index (κ2) is 7.52. The monoisotopic (exact) mass is 400 g/mol. The Bertz CT molecular complexity index is 886. The summed E-state index contributed by atoms with van der Waals surface area (Å²) in [6, 6.07) is 11.2. The van der Waals surface area contributed by atoms with Crippen LogP contribution in [0.4, 0.5) is 5.69 Å². The molecule has 1 unspecified atom stereocenters. The molecule has 5 nitrogen and oxygen atoms in total. The summed E-state index contributed by atoms with van der Waals surface area (Å²) in [6.45, 7) is 0. The third-order valence-corrected chi connectivity index (χ3v) is 6.54. The summed E-state index contributed by atoms with van der Waals surface area (Å²) in [7, 11) is 0. The SMILES string of the molecule is NC1=N[C@]2(c3cccc(NC(=O)c4ccc(Cl)cn4)c3)CCCCC2CS1. The van der Waals surface area contributed by atoms with Gasteiger partial charge in [-0.15, -0.1) is 0 Å². The lowest BCUT2D eigenvalue weighted by molar-refractivity contribution is 0.102. The molecular formula is C20H21ClN4OS. The summed E-state index contributed by atoms with van der Waals surface area (Å²) in [5, 5.41) is 4.09. The maximum Gasteiger partial charge on any atom is 0.274 e. The number of fused-ring (bicyclic) bond motifs is 1. The summed E-state index contributed by atoms with van der Waals surface area (Å²) in [4.78, 5) is 21.5. The van der Waals surface area contributed by atoms with Crippen LogP contribution in [0.15, 0.2) is 47.6 Å². The second-order valence-electron chi connectivity index (χ2n) is 7.02. The van der Waals surface area contributed by atoms with Crippen molar-refractivity contribution in [2.45, 2.75) is 31.2 Å². The van der Waals surface area contributed by atoms with Crippen LogP contribution in [0.25, 0.3) is 0 Å². The largest absolute Gasteiger partial charge is 0.379 e. The molecule has 1 aromatic carbocycles. The molecule has 2 aliphatic rings. The lowest BCUT2D eigenvalue weighted by Gasteiger charge is -2.44. The van der Waals surface area contributed by atoms with E-state index in [-0.39, 0.29) is 11.4 Å². The zero-order valence-electron chi connectivity index (χ0n) is 14.8. The van der Waals surface area contributed by atoms with Crippen molar-refractivity contribution in [3.63, 3.8) is 0 Å². The predicted octanol–water partition coefficient (Wildman–Crippen LogP) is 4.43. The van der Waals surface area contributed by atoms with Crippen LogP contribution < -0.4 is 11.1 Å². The number of hydrogen-bond acceptors (Lipinski definition) is 5. The molecule has 1 aliphatic heterocycles. The van der Waals surface area contributed by atoms with Gasteiger partial charge in [-0.2, -0.15) is 0 Å². The molecule has 0 spiro atoms.